The number of hydrogen-bond acceptors (Lipinski definition) is 6. The Balaban J connectivity index is 1.14. The monoisotopic (exact) mass is 550 g/mol. The van der Waals surface area contributed by atoms with Gasteiger partial charge in [-0.2, -0.15) is 4.98 Å². The number of benzene rings is 3. The summed E-state index contributed by atoms with van der Waals surface area (Å²) in [5.74, 6) is 1.46. The molecule has 212 valence electrons. The summed E-state index contributed by atoms with van der Waals surface area (Å²) in [5, 5.41) is 10.7. The van der Waals surface area contributed by atoms with Crippen molar-refractivity contribution in [3.8, 4) is 0 Å². The molecular formula is C33H38N6O2. The van der Waals surface area contributed by atoms with E-state index in [0.717, 1.165) is 48.0 Å². The minimum atomic E-state index is -0.257. The van der Waals surface area contributed by atoms with Crippen LogP contribution in [0.4, 0.5) is 11.8 Å². The Morgan fingerprint density at radius 2 is 1.46 bits per heavy atom. The van der Waals surface area contributed by atoms with Gasteiger partial charge in [0, 0.05) is 32.1 Å². The van der Waals surface area contributed by atoms with E-state index >= 15 is 0 Å². The number of carbonyl (C=O) groups is 2. The van der Waals surface area contributed by atoms with E-state index < -0.39 is 0 Å². The van der Waals surface area contributed by atoms with Gasteiger partial charge in [0.1, 0.15) is 5.82 Å². The SMILES string of the molecule is C[C@H](NC(=O)c1ccccc1C(=O)NCC1CCC(Nc2nc(N(C)C)c3ccccc3n2)CC1)c1ccccc1. The summed E-state index contributed by atoms with van der Waals surface area (Å²) in [6.07, 6.45) is 3.93. The zero-order chi connectivity index (χ0) is 28.8. The lowest BCUT2D eigenvalue weighted by molar-refractivity contribution is 0.0907. The van der Waals surface area contributed by atoms with Crippen LogP contribution < -0.4 is 20.9 Å². The standard InChI is InChI=1S/C33H38N6O2/c1-22(24-11-5-4-6-12-24)35-32(41)27-14-8-7-13-26(27)31(40)34-21-23-17-19-25(20-18-23)36-33-37-29-16-10-9-15-28(29)30(38-33)39(2)3/h4-16,22-23,25H,17-21H2,1-3H3,(H,34,40)(H,35,41)(H,36,37,38)/t22-,23?,25?/m0/s1. The van der Waals surface area contributed by atoms with Crippen molar-refractivity contribution < 1.29 is 9.59 Å². The molecule has 4 aromatic rings. The maximum absolute atomic E-state index is 13.1. The third kappa shape index (κ3) is 6.82. The smallest absolute Gasteiger partial charge is 0.252 e. The summed E-state index contributed by atoms with van der Waals surface area (Å²) in [6.45, 7) is 2.52. The molecule has 8 nitrogen and oxygen atoms in total. The van der Waals surface area contributed by atoms with Gasteiger partial charge in [0.25, 0.3) is 11.8 Å². The van der Waals surface area contributed by atoms with E-state index in [4.69, 9.17) is 9.97 Å². The summed E-state index contributed by atoms with van der Waals surface area (Å²) in [6, 6.07) is 25.0. The van der Waals surface area contributed by atoms with Crippen molar-refractivity contribution in [1.29, 1.82) is 0 Å². The topological polar surface area (TPSA) is 99.2 Å². The Bertz CT molecular complexity index is 1500. The minimum Gasteiger partial charge on any atom is -0.362 e. The van der Waals surface area contributed by atoms with Crippen molar-refractivity contribution >= 4 is 34.5 Å². The Kier molecular flexibility index (Phi) is 8.77. The van der Waals surface area contributed by atoms with E-state index in [9.17, 15) is 9.59 Å². The van der Waals surface area contributed by atoms with Crippen LogP contribution >= 0.6 is 0 Å². The first-order valence-electron chi connectivity index (χ1n) is 14.3. The molecular weight excluding hydrogens is 512 g/mol. The largest absolute Gasteiger partial charge is 0.362 e. The van der Waals surface area contributed by atoms with Gasteiger partial charge in [-0.05, 0) is 68.4 Å². The first kappa shape index (κ1) is 28.1. The van der Waals surface area contributed by atoms with Crippen LogP contribution in [0, 0.1) is 5.92 Å². The average molecular weight is 551 g/mol. The lowest BCUT2D eigenvalue weighted by atomic mass is 9.86. The second-order valence-electron chi connectivity index (χ2n) is 11.0. The maximum Gasteiger partial charge on any atom is 0.252 e. The molecule has 5 rings (SSSR count). The number of para-hydroxylation sites is 1. The van der Waals surface area contributed by atoms with Crippen LogP contribution in [0.25, 0.3) is 10.9 Å². The summed E-state index contributed by atoms with van der Waals surface area (Å²) >= 11 is 0. The Labute approximate surface area is 241 Å². The molecule has 0 bridgehead atoms. The number of hydrogen-bond donors (Lipinski definition) is 3. The predicted molar refractivity (Wildman–Crippen MR) is 164 cm³/mol. The highest BCUT2D eigenvalue weighted by atomic mass is 16.2. The molecule has 0 aliphatic heterocycles. The van der Waals surface area contributed by atoms with Gasteiger partial charge in [0.15, 0.2) is 0 Å². The number of fused-ring (bicyclic) bond motifs is 1. The summed E-state index contributed by atoms with van der Waals surface area (Å²) in [5.41, 5.74) is 2.71. The molecule has 41 heavy (non-hydrogen) atoms. The molecule has 1 aromatic heterocycles. The molecule has 1 atom stereocenters. The second kappa shape index (κ2) is 12.8. The first-order chi connectivity index (χ1) is 19.9. The van der Waals surface area contributed by atoms with Crippen molar-refractivity contribution in [3.63, 3.8) is 0 Å². The molecule has 0 radical (unpaired) electrons. The molecule has 1 fully saturated rings. The fraction of sp³-hybridized carbons (Fsp3) is 0.333. The van der Waals surface area contributed by atoms with Crippen LogP contribution in [-0.4, -0.2) is 48.5 Å². The fourth-order valence-corrected chi connectivity index (χ4v) is 5.47. The van der Waals surface area contributed by atoms with Crippen LogP contribution in [0.5, 0.6) is 0 Å². The molecule has 8 heteroatoms. The van der Waals surface area contributed by atoms with Gasteiger partial charge in [0.05, 0.1) is 22.7 Å². The molecule has 0 unspecified atom stereocenters. The van der Waals surface area contributed by atoms with E-state index in [1.54, 1.807) is 24.3 Å². The number of anilines is 2. The van der Waals surface area contributed by atoms with Crippen molar-refractivity contribution in [2.24, 2.45) is 5.92 Å². The fourth-order valence-electron chi connectivity index (χ4n) is 5.47. The normalized spacial score (nSPS) is 17.4. The third-order valence-electron chi connectivity index (χ3n) is 7.80. The molecule has 0 saturated heterocycles. The number of nitrogens with one attached hydrogen (secondary N) is 3. The van der Waals surface area contributed by atoms with Gasteiger partial charge in [-0.25, -0.2) is 4.98 Å². The zero-order valence-electron chi connectivity index (χ0n) is 23.9. The number of aromatic nitrogens is 2. The van der Waals surface area contributed by atoms with E-state index in [1.807, 2.05) is 80.5 Å². The molecule has 3 N–H and O–H groups in total. The Morgan fingerprint density at radius 1 is 0.829 bits per heavy atom. The van der Waals surface area contributed by atoms with E-state index in [-0.39, 0.29) is 23.9 Å². The molecule has 1 aliphatic carbocycles. The number of rotatable bonds is 9. The maximum atomic E-state index is 13.1. The van der Waals surface area contributed by atoms with Crippen molar-refractivity contribution in [1.82, 2.24) is 20.6 Å². The van der Waals surface area contributed by atoms with Crippen molar-refractivity contribution in [3.05, 3.63) is 95.6 Å². The first-order valence-corrected chi connectivity index (χ1v) is 14.3. The van der Waals surface area contributed by atoms with Crippen LogP contribution in [0.3, 0.4) is 0 Å². The molecule has 3 aromatic carbocycles. The minimum absolute atomic E-state index is 0.168. The van der Waals surface area contributed by atoms with Gasteiger partial charge < -0.3 is 20.9 Å². The summed E-state index contributed by atoms with van der Waals surface area (Å²) in [4.78, 5) is 37.7. The Morgan fingerprint density at radius 3 is 2.17 bits per heavy atom. The molecule has 2 amide bonds. The quantitative estimate of drug-likeness (QED) is 0.251. The molecule has 1 aliphatic rings. The summed E-state index contributed by atoms with van der Waals surface area (Å²) < 4.78 is 0. The number of nitrogens with zero attached hydrogens (tertiary/aromatic N) is 3. The zero-order valence-corrected chi connectivity index (χ0v) is 23.9. The van der Waals surface area contributed by atoms with Crippen molar-refractivity contribution in [2.75, 3.05) is 30.9 Å². The predicted octanol–water partition coefficient (Wildman–Crippen LogP) is 5.59. The van der Waals surface area contributed by atoms with Crippen LogP contribution in [0.2, 0.25) is 0 Å². The summed E-state index contributed by atoms with van der Waals surface area (Å²) in [7, 11) is 3.99. The highest BCUT2D eigenvalue weighted by molar-refractivity contribution is 6.07. The molecule has 0 spiro atoms. The highest BCUT2D eigenvalue weighted by Gasteiger charge is 2.24. The van der Waals surface area contributed by atoms with E-state index in [1.165, 1.54) is 0 Å². The molecule has 1 saturated carbocycles. The Hall–Kier alpha value is -4.46. The second-order valence-corrected chi connectivity index (χ2v) is 11.0. The van der Waals surface area contributed by atoms with E-state index in [2.05, 4.69) is 16.0 Å². The van der Waals surface area contributed by atoms with Crippen LogP contribution in [0.15, 0.2) is 78.9 Å². The van der Waals surface area contributed by atoms with Crippen LogP contribution in [-0.2, 0) is 0 Å². The average Bonchev–Trinajstić information content (AvgIpc) is 3.00. The lowest BCUT2D eigenvalue weighted by Gasteiger charge is -2.29. The van der Waals surface area contributed by atoms with Gasteiger partial charge in [-0.1, -0.05) is 54.6 Å². The van der Waals surface area contributed by atoms with Crippen LogP contribution in [0.1, 0.15) is 64.9 Å². The van der Waals surface area contributed by atoms with Gasteiger partial charge in [-0.3, -0.25) is 9.59 Å². The molecule has 1 heterocycles. The van der Waals surface area contributed by atoms with Gasteiger partial charge >= 0.3 is 0 Å². The highest BCUT2D eigenvalue weighted by Crippen LogP contribution is 2.28. The van der Waals surface area contributed by atoms with E-state index in [0.29, 0.717) is 29.5 Å². The third-order valence-corrected chi connectivity index (χ3v) is 7.80. The van der Waals surface area contributed by atoms with Gasteiger partial charge in [-0.15, -0.1) is 0 Å². The number of amides is 2. The number of carbonyl (C=O) groups excluding carboxylic acids is 2. The van der Waals surface area contributed by atoms with Gasteiger partial charge in [0.2, 0.25) is 5.95 Å². The van der Waals surface area contributed by atoms with Crippen molar-refractivity contribution in [2.45, 2.75) is 44.7 Å². The lowest BCUT2D eigenvalue weighted by Crippen LogP contribution is -2.35.